The highest BCUT2D eigenvalue weighted by molar-refractivity contribution is 5.72. The van der Waals surface area contributed by atoms with Crippen molar-refractivity contribution in [3.05, 3.63) is 25.3 Å². The molecule has 4 nitrogen and oxygen atoms in total. The number of carbonyl (C=O) groups excluding carboxylic acids is 1. The number of rotatable bonds is 6. The number of carbonyl (C=O) groups is 1. The van der Waals surface area contributed by atoms with Crippen molar-refractivity contribution in [1.29, 1.82) is 0 Å². The number of hydrogen-bond acceptors (Lipinski definition) is 4. The Bertz CT molecular complexity index is 164. The molecule has 1 atom stereocenters. The molecule has 0 rings (SSSR count). The minimum Gasteiger partial charge on any atom is -0.458 e. The highest BCUT2D eigenvalue weighted by atomic mass is 16.6. The fourth-order valence-corrected chi connectivity index (χ4v) is 0.440. The van der Waals surface area contributed by atoms with E-state index in [1.165, 1.54) is 12.2 Å². The van der Waals surface area contributed by atoms with Gasteiger partial charge in [-0.2, -0.15) is 0 Å². The Kier molecular flexibility index (Phi) is 5.95. The lowest BCUT2D eigenvalue weighted by molar-refractivity contribution is -0.179. The highest BCUT2D eigenvalue weighted by Crippen LogP contribution is 1.91. The molecular weight excluding hydrogens is 160 g/mol. The maximum Gasteiger partial charge on any atom is 0.363 e. The van der Waals surface area contributed by atoms with Gasteiger partial charge in [0.05, 0.1) is 6.61 Å². The zero-order chi connectivity index (χ0) is 9.40. The minimum absolute atomic E-state index is 0.0628. The molecule has 12 heavy (non-hydrogen) atoms. The van der Waals surface area contributed by atoms with Gasteiger partial charge in [0.2, 0.25) is 0 Å². The van der Waals surface area contributed by atoms with Crippen LogP contribution in [-0.2, 0) is 14.3 Å². The van der Waals surface area contributed by atoms with E-state index in [2.05, 4.69) is 22.6 Å². The molecule has 1 unspecified atom stereocenters. The van der Waals surface area contributed by atoms with Gasteiger partial charge in [-0.25, -0.2) is 4.79 Å². The van der Waals surface area contributed by atoms with E-state index in [1.807, 2.05) is 0 Å². The summed E-state index contributed by atoms with van der Waals surface area (Å²) in [6, 6.07) is 0. The monoisotopic (exact) mass is 172 g/mol. The summed E-state index contributed by atoms with van der Waals surface area (Å²) in [7, 11) is 0. The first-order valence-corrected chi connectivity index (χ1v) is 3.40. The molecule has 0 aromatic rings. The molecule has 0 heterocycles. The number of aliphatic hydroxyl groups excluding tert-OH is 1. The third-order valence-corrected chi connectivity index (χ3v) is 0.917. The van der Waals surface area contributed by atoms with Crippen molar-refractivity contribution < 1.29 is 19.4 Å². The van der Waals surface area contributed by atoms with E-state index in [0.29, 0.717) is 0 Å². The van der Waals surface area contributed by atoms with Crippen LogP contribution in [0.15, 0.2) is 25.3 Å². The van der Waals surface area contributed by atoms with Gasteiger partial charge in [0.15, 0.2) is 0 Å². The predicted octanol–water partition coefficient (Wildman–Crippen LogP) is 0.237. The molecule has 0 aliphatic heterocycles. The average molecular weight is 172 g/mol. The minimum atomic E-state index is -1.54. The molecule has 0 saturated heterocycles. The van der Waals surface area contributed by atoms with Crippen molar-refractivity contribution in [1.82, 2.24) is 0 Å². The quantitative estimate of drug-likeness (QED) is 0.354. The van der Waals surface area contributed by atoms with Gasteiger partial charge in [-0.15, -0.1) is 6.58 Å². The Balaban J connectivity index is 3.60. The summed E-state index contributed by atoms with van der Waals surface area (Å²) in [5, 5.41) is 8.90. The van der Waals surface area contributed by atoms with Crippen LogP contribution in [-0.4, -0.2) is 30.6 Å². The number of esters is 1. The fraction of sp³-hybridized carbons (Fsp3) is 0.375. The molecule has 4 heteroatoms. The van der Waals surface area contributed by atoms with Crippen LogP contribution in [0, 0.1) is 0 Å². The van der Waals surface area contributed by atoms with Gasteiger partial charge < -0.3 is 14.6 Å². The van der Waals surface area contributed by atoms with Crippen molar-refractivity contribution in [3.8, 4) is 0 Å². The van der Waals surface area contributed by atoms with Crippen LogP contribution >= 0.6 is 0 Å². The van der Waals surface area contributed by atoms with E-state index in [9.17, 15) is 4.79 Å². The Morgan fingerprint density at radius 3 is 2.50 bits per heavy atom. The second kappa shape index (κ2) is 6.57. The molecular formula is C8H12O4. The van der Waals surface area contributed by atoms with Gasteiger partial charge in [0, 0.05) is 0 Å². The second-order valence-corrected chi connectivity index (χ2v) is 1.89. The summed E-state index contributed by atoms with van der Waals surface area (Å²) < 4.78 is 9.06. The zero-order valence-electron chi connectivity index (χ0n) is 6.73. The van der Waals surface area contributed by atoms with E-state index in [1.54, 1.807) is 0 Å². The van der Waals surface area contributed by atoms with Crippen molar-refractivity contribution in [2.45, 2.75) is 6.29 Å². The van der Waals surface area contributed by atoms with Crippen LogP contribution in [0.3, 0.4) is 0 Å². The van der Waals surface area contributed by atoms with Gasteiger partial charge >= 0.3 is 5.97 Å². The van der Waals surface area contributed by atoms with E-state index in [0.717, 1.165) is 0 Å². The Morgan fingerprint density at radius 2 is 2.00 bits per heavy atom. The molecule has 0 aliphatic carbocycles. The van der Waals surface area contributed by atoms with Crippen molar-refractivity contribution >= 4 is 5.97 Å². The molecule has 0 spiro atoms. The van der Waals surface area contributed by atoms with Crippen molar-refractivity contribution in [3.63, 3.8) is 0 Å². The number of hydrogen-bond donors (Lipinski definition) is 1. The maximum absolute atomic E-state index is 10.7. The van der Waals surface area contributed by atoms with Crippen LogP contribution < -0.4 is 0 Å². The van der Waals surface area contributed by atoms with Crippen LogP contribution in [0.2, 0.25) is 0 Å². The molecule has 68 valence electrons. The van der Waals surface area contributed by atoms with Crippen LogP contribution in [0.4, 0.5) is 0 Å². The van der Waals surface area contributed by atoms with Crippen LogP contribution in [0.1, 0.15) is 0 Å². The third kappa shape index (κ3) is 4.65. The zero-order valence-corrected chi connectivity index (χ0v) is 6.73. The summed E-state index contributed by atoms with van der Waals surface area (Å²) in [4.78, 5) is 10.7. The van der Waals surface area contributed by atoms with E-state index >= 15 is 0 Å². The summed E-state index contributed by atoms with van der Waals surface area (Å²) in [5.41, 5.74) is 0. The largest absolute Gasteiger partial charge is 0.458 e. The highest BCUT2D eigenvalue weighted by Gasteiger charge is 2.15. The first-order valence-electron chi connectivity index (χ1n) is 3.40. The van der Waals surface area contributed by atoms with Gasteiger partial charge in [-0.3, -0.25) is 0 Å². The number of aliphatic hydroxyl groups is 1. The second-order valence-electron chi connectivity index (χ2n) is 1.89. The number of ether oxygens (including phenoxy) is 2. The molecule has 1 N–H and O–H groups in total. The Hall–Kier alpha value is -1.13. The summed E-state index contributed by atoms with van der Waals surface area (Å²) in [6.45, 7) is 6.85. The predicted molar refractivity (Wildman–Crippen MR) is 43.3 cm³/mol. The van der Waals surface area contributed by atoms with Gasteiger partial charge in [-0.05, 0) is 0 Å². The molecule has 0 aromatic heterocycles. The summed E-state index contributed by atoms with van der Waals surface area (Å²) >= 11 is 0. The Labute approximate surface area is 71.1 Å². The van der Waals surface area contributed by atoms with Gasteiger partial charge in [-0.1, -0.05) is 18.7 Å². The van der Waals surface area contributed by atoms with E-state index in [-0.39, 0.29) is 13.2 Å². The van der Waals surface area contributed by atoms with E-state index in [4.69, 9.17) is 5.11 Å². The standard InChI is InChI=1S/C8H12O4/c1-3-5-11-7(9)8(10)12-6-4-2/h3-4,7,9H,1-2,5-6H2. The molecule has 0 aromatic carbocycles. The Morgan fingerprint density at radius 1 is 1.42 bits per heavy atom. The molecule has 0 fully saturated rings. The smallest absolute Gasteiger partial charge is 0.363 e. The fourth-order valence-electron chi connectivity index (χ4n) is 0.440. The van der Waals surface area contributed by atoms with E-state index < -0.39 is 12.3 Å². The molecule has 0 bridgehead atoms. The summed E-state index contributed by atoms with van der Waals surface area (Å²) in [6.07, 6.45) is 1.28. The SMILES string of the molecule is C=CCOC(=O)C(O)OCC=C. The lowest BCUT2D eigenvalue weighted by atomic mass is 10.6. The average Bonchev–Trinajstić information content (AvgIpc) is 2.10. The first kappa shape index (κ1) is 10.9. The lowest BCUT2D eigenvalue weighted by Crippen LogP contribution is -2.26. The van der Waals surface area contributed by atoms with Crippen molar-refractivity contribution in [2.24, 2.45) is 0 Å². The third-order valence-electron chi connectivity index (χ3n) is 0.917. The summed E-state index contributed by atoms with van der Waals surface area (Å²) in [5.74, 6) is -0.822. The van der Waals surface area contributed by atoms with Crippen molar-refractivity contribution in [2.75, 3.05) is 13.2 Å². The van der Waals surface area contributed by atoms with Crippen LogP contribution in [0.25, 0.3) is 0 Å². The molecule has 0 radical (unpaired) electrons. The molecule has 0 saturated carbocycles. The maximum atomic E-state index is 10.7. The molecule has 0 amide bonds. The van der Waals surface area contributed by atoms with Crippen LogP contribution in [0.5, 0.6) is 0 Å². The lowest BCUT2D eigenvalue weighted by Gasteiger charge is -2.08. The normalized spacial score (nSPS) is 11.8. The topological polar surface area (TPSA) is 55.8 Å². The van der Waals surface area contributed by atoms with Gasteiger partial charge in [0.25, 0.3) is 6.29 Å². The van der Waals surface area contributed by atoms with Gasteiger partial charge in [0.1, 0.15) is 6.61 Å². The first-order chi connectivity index (χ1) is 5.72. The molecule has 0 aliphatic rings.